The van der Waals surface area contributed by atoms with Gasteiger partial charge in [0.1, 0.15) is 5.71 Å². The molecule has 1 aromatic rings. The normalized spacial score (nSPS) is 13.4. The Balaban J connectivity index is 2.89. The molecule has 0 aliphatic carbocycles. The highest BCUT2D eigenvalue weighted by atomic mass is 16.4. The summed E-state index contributed by atoms with van der Waals surface area (Å²) in [6, 6.07) is 9.46. The third-order valence-corrected chi connectivity index (χ3v) is 1.75. The van der Waals surface area contributed by atoms with E-state index in [4.69, 9.17) is 5.21 Å². The summed E-state index contributed by atoms with van der Waals surface area (Å²) in [5.41, 5.74) is 1.17. The molecule has 3 nitrogen and oxygen atoms in total. The van der Waals surface area contributed by atoms with Crippen LogP contribution in [0.3, 0.4) is 0 Å². The number of hydrogen-bond donors (Lipinski definition) is 1. The summed E-state index contributed by atoms with van der Waals surface area (Å²) in [7, 11) is 0. The van der Waals surface area contributed by atoms with Crippen LogP contribution in [-0.4, -0.2) is 22.7 Å². The summed E-state index contributed by atoms with van der Waals surface area (Å²) >= 11 is 0. The Morgan fingerprint density at radius 3 is 2.27 bits per heavy atom. The molecule has 0 spiro atoms. The summed E-state index contributed by atoms with van der Waals surface area (Å²) in [5, 5.41) is 12.1. The van der Waals surface area contributed by atoms with Gasteiger partial charge in [-0.25, -0.2) is 0 Å². The van der Waals surface area contributed by atoms with Crippen molar-refractivity contribution in [2.75, 3.05) is 0 Å². The average molecular weight is 204 g/mol. The smallest absolute Gasteiger partial charge is 0.127 e. The molecule has 1 rings (SSSR count). The van der Waals surface area contributed by atoms with Crippen molar-refractivity contribution >= 4 is 11.9 Å². The van der Waals surface area contributed by atoms with E-state index in [2.05, 4.69) is 10.1 Å². The molecule has 0 atom stereocenters. The van der Waals surface area contributed by atoms with E-state index in [0.29, 0.717) is 5.71 Å². The van der Waals surface area contributed by atoms with Gasteiger partial charge in [-0.2, -0.15) is 0 Å². The molecular weight excluding hydrogens is 188 g/mol. The molecule has 1 N–H and O–H groups in total. The first-order valence-corrected chi connectivity index (χ1v) is 4.85. The Morgan fingerprint density at radius 2 is 1.80 bits per heavy atom. The molecule has 0 fully saturated rings. The fourth-order valence-electron chi connectivity index (χ4n) is 1.02. The molecule has 3 heteroatoms. The van der Waals surface area contributed by atoms with E-state index < -0.39 is 0 Å². The zero-order chi connectivity index (χ0) is 11.3. The lowest BCUT2D eigenvalue weighted by molar-refractivity contribution is 0.320. The van der Waals surface area contributed by atoms with Crippen molar-refractivity contribution in [2.24, 2.45) is 10.1 Å². The number of oxime groups is 1. The van der Waals surface area contributed by atoms with E-state index in [-0.39, 0.29) is 5.54 Å². The van der Waals surface area contributed by atoms with E-state index in [1.807, 2.05) is 51.1 Å². The molecule has 15 heavy (non-hydrogen) atoms. The van der Waals surface area contributed by atoms with Gasteiger partial charge in [-0.1, -0.05) is 35.5 Å². The van der Waals surface area contributed by atoms with Gasteiger partial charge in [-0.15, -0.1) is 0 Å². The van der Waals surface area contributed by atoms with Crippen molar-refractivity contribution in [3.63, 3.8) is 0 Å². The molecule has 0 heterocycles. The topological polar surface area (TPSA) is 45.0 Å². The summed E-state index contributed by atoms with van der Waals surface area (Å²) in [4.78, 5) is 4.29. The molecule has 1 aromatic carbocycles. The average Bonchev–Trinajstić information content (AvgIpc) is 2.19. The van der Waals surface area contributed by atoms with Crippen molar-refractivity contribution in [3.8, 4) is 0 Å². The minimum atomic E-state index is -0.162. The Bertz CT molecular complexity index is 361. The maximum absolute atomic E-state index is 8.87. The van der Waals surface area contributed by atoms with Gasteiger partial charge in [-0.3, -0.25) is 4.99 Å². The van der Waals surface area contributed by atoms with Crippen LogP contribution in [0.25, 0.3) is 0 Å². The van der Waals surface area contributed by atoms with Gasteiger partial charge in [-0.05, 0) is 20.8 Å². The molecule has 0 unspecified atom stereocenters. The zero-order valence-electron chi connectivity index (χ0n) is 9.31. The largest absolute Gasteiger partial charge is 0.410 e. The van der Waals surface area contributed by atoms with E-state index in [1.165, 1.54) is 0 Å². The minimum absolute atomic E-state index is 0.162. The first kappa shape index (κ1) is 11.4. The van der Waals surface area contributed by atoms with Gasteiger partial charge in [0.2, 0.25) is 0 Å². The fraction of sp³-hybridized carbons (Fsp3) is 0.333. The summed E-state index contributed by atoms with van der Waals surface area (Å²) in [6.07, 6.45) is 1.59. The second-order valence-corrected chi connectivity index (χ2v) is 4.28. The van der Waals surface area contributed by atoms with Crippen molar-refractivity contribution in [1.29, 1.82) is 0 Å². The first-order chi connectivity index (χ1) is 7.03. The number of aliphatic imine (C=N–C) groups is 1. The third kappa shape index (κ3) is 3.94. The molecule has 0 saturated carbocycles. The van der Waals surface area contributed by atoms with Crippen LogP contribution in [0.1, 0.15) is 26.3 Å². The highest BCUT2D eigenvalue weighted by molar-refractivity contribution is 6.38. The minimum Gasteiger partial charge on any atom is -0.410 e. The standard InChI is InChI=1S/C12H16N2O/c1-12(2,3)13-9-11(14-15)10-7-5-4-6-8-10/h4-9,15H,1-3H3/b13-9?,14-11+. The molecule has 0 aliphatic rings. The van der Waals surface area contributed by atoms with Gasteiger partial charge in [0, 0.05) is 5.56 Å². The maximum Gasteiger partial charge on any atom is 0.127 e. The van der Waals surface area contributed by atoms with Crippen LogP contribution in [0.2, 0.25) is 0 Å². The zero-order valence-corrected chi connectivity index (χ0v) is 9.31. The molecule has 0 radical (unpaired) electrons. The summed E-state index contributed by atoms with van der Waals surface area (Å²) in [6.45, 7) is 5.97. The molecule has 0 aromatic heterocycles. The lowest BCUT2D eigenvalue weighted by atomic mass is 10.1. The Morgan fingerprint density at radius 1 is 1.20 bits per heavy atom. The van der Waals surface area contributed by atoms with Crippen molar-refractivity contribution in [2.45, 2.75) is 26.3 Å². The SMILES string of the molecule is CC(C)(C)N=C/C(=N\O)c1ccccc1. The molecular formula is C12H16N2O. The van der Waals surface area contributed by atoms with Gasteiger partial charge in [0.25, 0.3) is 0 Å². The second-order valence-electron chi connectivity index (χ2n) is 4.28. The quantitative estimate of drug-likeness (QED) is 0.449. The van der Waals surface area contributed by atoms with Gasteiger partial charge >= 0.3 is 0 Å². The molecule has 0 aliphatic heterocycles. The van der Waals surface area contributed by atoms with Crippen LogP contribution >= 0.6 is 0 Å². The fourth-order valence-corrected chi connectivity index (χ4v) is 1.02. The van der Waals surface area contributed by atoms with Crippen LogP contribution in [0.4, 0.5) is 0 Å². The van der Waals surface area contributed by atoms with Crippen LogP contribution in [0.15, 0.2) is 40.5 Å². The number of rotatable bonds is 2. The molecule has 80 valence electrons. The van der Waals surface area contributed by atoms with E-state index >= 15 is 0 Å². The highest BCUT2D eigenvalue weighted by Gasteiger charge is 2.07. The first-order valence-electron chi connectivity index (χ1n) is 4.85. The third-order valence-electron chi connectivity index (χ3n) is 1.75. The molecule has 0 bridgehead atoms. The monoisotopic (exact) mass is 204 g/mol. The van der Waals surface area contributed by atoms with E-state index in [0.717, 1.165) is 5.56 Å². The molecule has 0 amide bonds. The second kappa shape index (κ2) is 4.73. The van der Waals surface area contributed by atoms with Crippen molar-refractivity contribution in [1.82, 2.24) is 0 Å². The van der Waals surface area contributed by atoms with Crippen molar-refractivity contribution < 1.29 is 5.21 Å². The highest BCUT2D eigenvalue weighted by Crippen LogP contribution is 2.06. The van der Waals surface area contributed by atoms with Crippen LogP contribution < -0.4 is 0 Å². The number of benzene rings is 1. The lowest BCUT2D eigenvalue weighted by Gasteiger charge is -2.10. The van der Waals surface area contributed by atoms with Crippen LogP contribution in [0, 0.1) is 0 Å². The molecule has 0 saturated heterocycles. The lowest BCUT2D eigenvalue weighted by Crippen LogP contribution is -2.13. The summed E-state index contributed by atoms with van der Waals surface area (Å²) in [5.74, 6) is 0. The Kier molecular flexibility index (Phi) is 3.61. The Hall–Kier alpha value is -1.64. The van der Waals surface area contributed by atoms with E-state index in [1.54, 1.807) is 6.21 Å². The van der Waals surface area contributed by atoms with Gasteiger partial charge in [0.05, 0.1) is 11.8 Å². The summed E-state index contributed by atoms with van der Waals surface area (Å²) < 4.78 is 0. The van der Waals surface area contributed by atoms with Crippen LogP contribution in [0.5, 0.6) is 0 Å². The van der Waals surface area contributed by atoms with Gasteiger partial charge < -0.3 is 5.21 Å². The number of hydrogen-bond acceptors (Lipinski definition) is 3. The van der Waals surface area contributed by atoms with Crippen molar-refractivity contribution in [3.05, 3.63) is 35.9 Å². The predicted molar refractivity (Wildman–Crippen MR) is 63.0 cm³/mol. The number of nitrogens with zero attached hydrogens (tertiary/aromatic N) is 2. The Labute approximate surface area is 90.2 Å². The van der Waals surface area contributed by atoms with Crippen LogP contribution in [-0.2, 0) is 0 Å². The van der Waals surface area contributed by atoms with E-state index in [9.17, 15) is 0 Å². The van der Waals surface area contributed by atoms with Gasteiger partial charge in [0.15, 0.2) is 0 Å². The predicted octanol–water partition coefficient (Wildman–Crippen LogP) is 2.73. The maximum atomic E-state index is 8.87.